The molecule has 0 bridgehead atoms. The highest BCUT2D eigenvalue weighted by Gasteiger charge is 2.12. The van der Waals surface area contributed by atoms with Crippen LogP contribution in [0.1, 0.15) is 29.5 Å². The molecule has 0 amide bonds. The molecule has 0 aliphatic carbocycles. The number of carbonyl (C=O) groups is 1. The molecule has 5 heteroatoms. The number of nitrogens with zero attached hydrogens (tertiary/aromatic N) is 1. The van der Waals surface area contributed by atoms with Crippen molar-refractivity contribution in [3.8, 4) is 6.07 Å². The summed E-state index contributed by atoms with van der Waals surface area (Å²) in [7, 11) is 0. The van der Waals surface area contributed by atoms with Gasteiger partial charge in [-0.2, -0.15) is 5.26 Å². The van der Waals surface area contributed by atoms with Crippen LogP contribution in [0.4, 0.5) is 8.78 Å². The highest BCUT2D eigenvalue weighted by atomic mass is 19.3. The molecule has 3 nitrogen and oxygen atoms in total. The van der Waals surface area contributed by atoms with Gasteiger partial charge in [0.1, 0.15) is 0 Å². The first-order valence-electron chi connectivity index (χ1n) is 5.03. The predicted octanol–water partition coefficient (Wildman–Crippen LogP) is 2.71. The van der Waals surface area contributed by atoms with Crippen LogP contribution >= 0.6 is 0 Å². The molecule has 1 N–H and O–H groups in total. The molecule has 1 rings (SSSR count). The number of aliphatic carboxylic acids is 1. The Morgan fingerprint density at radius 2 is 2.12 bits per heavy atom. The van der Waals surface area contributed by atoms with Crippen molar-refractivity contribution in [2.75, 3.05) is 0 Å². The van der Waals surface area contributed by atoms with E-state index in [0.717, 1.165) is 0 Å². The first-order chi connectivity index (χ1) is 8.04. The van der Waals surface area contributed by atoms with Crippen molar-refractivity contribution in [2.24, 2.45) is 0 Å². The minimum Gasteiger partial charge on any atom is -0.481 e. The second-order valence-electron chi connectivity index (χ2n) is 3.56. The van der Waals surface area contributed by atoms with Gasteiger partial charge < -0.3 is 5.11 Å². The van der Waals surface area contributed by atoms with Crippen LogP contribution in [-0.2, 0) is 17.6 Å². The molecule has 0 atom stereocenters. The van der Waals surface area contributed by atoms with Crippen molar-refractivity contribution in [1.82, 2.24) is 0 Å². The van der Waals surface area contributed by atoms with Gasteiger partial charge in [0.05, 0.1) is 12.5 Å². The highest BCUT2D eigenvalue weighted by Crippen LogP contribution is 2.23. The monoisotopic (exact) mass is 239 g/mol. The topological polar surface area (TPSA) is 61.1 Å². The fourth-order valence-corrected chi connectivity index (χ4v) is 1.54. The summed E-state index contributed by atoms with van der Waals surface area (Å²) in [6, 6.07) is 5.80. The van der Waals surface area contributed by atoms with Crippen molar-refractivity contribution in [3.63, 3.8) is 0 Å². The Hall–Kier alpha value is -1.96. The van der Waals surface area contributed by atoms with Gasteiger partial charge in [0, 0.05) is 12.0 Å². The van der Waals surface area contributed by atoms with Gasteiger partial charge in [-0.1, -0.05) is 12.1 Å². The quantitative estimate of drug-likeness (QED) is 0.859. The fraction of sp³-hybridized carbons (Fsp3) is 0.333. The zero-order valence-electron chi connectivity index (χ0n) is 8.99. The minimum atomic E-state index is -2.59. The van der Waals surface area contributed by atoms with E-state index in [1.165, 1.54) is 18.2 Å². The van der Waals surface area contributed by atoms with Gasteiger partial charge in [0.2, 0.25) is 0 Å². The van der Waals surface area contributed by atoms with E-state index in [0.29, 0.717) is 17.5 Å². The normalized spacial score (nSPS) is 10.2. The molecule has 1 aromatic rings. The third-order valence-corrected chi connectivity index (χ3v) is 2.33. The van der Waals surface area contributed by atoms with E-state index in [2.05, 4.69) is 0 Å². The average molecular weight is 239 g/mol. The number of hydrogen-bond acceptors (Lipinski definition) is 2. The minimum absolute atomic E-state index is 0.146. The molecule has 0 fully saturated rings. The summed E-state index contributed by atoms with van der Waals surface area (Å²) in [4.78, 5) is 10.6. The second-order valence-corrected chi connectivity index (χ2v) is 3.56. The zero-order valence-corrected chi connectivity index (χ0v) is 8.99. The van der Waals surface area contributed by atoms with Crippen molar-refractivity contribution in [2.45, 2.75) is 25.7 Å². The zero-order chi connectivity index (χ0) is 12.8. The van der Waals surface area contributed by atoms with E-state index in [9.17, 15) is 13.6 Å². The Morgan fingerprint density at radius 1 is 1.41 bits per heavy atom. The first kappa shape index (κ1) is 13.1. The van der Waals surface area contributed by atoms with Crippen molar-refractivity contribution in [3.05, 3.63) is 34.9 Å². The lowest BCUT2D eigenvalue weighted by atomic mass is 9.98. The van der Waals surface area contributed by atoms with Gasteiger partial charge in [-0.3, -0.25) is 4.79 Å². The average Bonchev–Trinajstić information content (AvgIpc) is 2.26. The van der Waals surface area contributed by atoms with Crippen LogP contribution in [-0.4, -0.2) is 11.1 Å². The molecular weight excluding hydrogens is 228 g/mol. The van der Waals surface area contributed by atoms with Gasteiger partial charge in [-0.15, -0.1) is 0 Å². The summed E-state index contributed by atoms with van der Waals surface area (Å²) >= 11 is 0. The van der Waals surface area contributed by atoms with Crippen molar-refractivity contribution < 1.29 is 18.7 Å². The summed E-state index contributed by atoms with van der Waals surface area (Å²) in [6.07, 6.45) is -2.33. The van der Waals surface area contributed by atoms with Gasteiger partial charge in [-0.25, -0.2) is 8.78 Å². The number of aryl methyl sites for hydroxylation is 1. The number of nitriles is 1. The number of alkyl halides is 2. The van der Waals surface area contributed by atoms with Crippen LogP contribution in [0.2, 0.25) is 0 Å². The second kappa shape index (κ2) is 5.94. The van der Waals surface area contributed by atoms with E-state index in [1.54, 1.807) is 0 Å². The number of hydrogen-bond donors (Lipinski definition) is 1. The number of carboxylic acids is 1. The third kappa shape index (κ3) is 3.83. The fourth-order valence-electron chi connectivity index (χ4n) is 1.54. The van der Waals surface area contributed by atoms with Crippen LogP contribution in [0.3, 0.4) is 0 Å². The molecular formula is C12H11F2NO2. The Morgan fingerprint density at radius 3 is 2.65 bits per heavy atom. The van der Waals surface area contributed by atoms with Crippen LogP contribution in [0.25, 0.3) is 0 Å². The molecule has 0 radical (unpaired) electrons. The van der Waals surface area contributed by atoms with E-state index < -0.39 is 12.4 Å². The van der Waals surface area contributed by atoms with Gasteiger partial charge in [-0.05, 0) is 23.6 Å². The summed E-state index contributed by atoms with van der Waals surface area (Å²) in [5.74, 6) is -1.02. The first-order valence-corrected chi connectivity index (χ1v) is 5.03. The van der Waals surface area contributed by atoms with Crippen LogP contribution < -0.4 is 0 Å². The van der Waals surface area contributed by atoms with E-state index in [1.807, 2.05) is 6.07 Å². The summed E-state index contributed by atoms with van der Waals surface area (Å²) in [5.41, 5.74) is 0.843. The maximum Gasteiger partial charge on any atom is 0.307 e. The van der Waals surface area contributed by atoms with Gasteiger partial charge >= 0.3 is 5.97 Å². The lowest BCUT2D eigenvalue weighted by Crippen LogP contribution is -2.04. The molecule has 0 saturated carbocycles. The maximum absolute atomic E-state index is 12.5. The highest BCUT2D eigenvalue weighted by molar-refractivity contribution is 5.70. The molecule has 1 aromatic carbocycles. The van der Waals surface area contributed by atoms with E-state index >= 15 is 0 Å². The van der Waals surface area contributed by atoms with E-state index in [-0.39, 0.29) is 18.4 Å². The Balaban J connectivity index is 3.03. The molecule has 0 aliphatic rings. The molecule has 17 heavy (non-hydrogen) atoms. The SMILES string of the molecule is N#CCCc1cc(C(F)F)ccc1CC(=O)O. The number of carboxylic acid groups (broad SMARTS) is 1. The predicted molar refractivity (Wildman–Crippen MR) is 56.7 cm³/mol. The Bertz CT molecular complexity index is 452. The summed E-state index contributed by atoms with van der Waals surface area (Å²) in [6.45, 7) is 0. The van der Waals surface area contributed by atoms with Crippen LogP contribution in [0.5, 0.6) is 0 Å². The third-order valence-electron chi connectivity index (χ3n) is 2.33. The van der Waals surface area contributed by atoms with Gasteiger partial charge in [0.25, 0.3) is 6.43 Å². The van der Waals surface area contributed by atoms with Crippen LogP contribution in [0, 0.1) is 11.3 Å². The summed E-state index contributed by atoms with van der Waals surface area (Å²) in [5, 5.41) is 17.1. The molecule has 0 aromatic heterocycles. The molecule has 0 saturated heterocycles. The van der Waals surface area contributed by atoms with Crippen molar-refractivity contribution in [1.29, 1.82) is 5.26 Å². The smallest absolute Gasteiger partial charge is 0.307 e. The molecule has 0 unspecified atom stereocenters. The molecule has 0 spiro atoms. The Labute approximate surface area is 97.3 Å². The molecule has 90 valence electrons. The van der Waals surface area contributed by atoms with Crippen LogP contribution in [0.15, 0.2) is 18.2 Å². The lowest BCUT2D eigenvalue weighted by molar-refractivity contribution is -0.136. The Kier molecular flexibility index (Phi) is 4.58. The standard InChI is InChI=1S/C12H11F2NO2/c13-12(14)10-4-3-9(7-11(16)17)8(6-10)2-1-5-15/h3-4,6,12H,1-2,7H2,(H,16,17). The molecule has 0 heterocycles. The lowest BCUT2D eigenvalue weighted by Gasteiger charge is -2.09. The van der Waals surface area contributed by atoms with Crippen molar-refractivity contribution >= 4 is 5.97 Å². The maximum atomic E-state index is 12.5. The number of benzene rings is 1. The summed E-state index contributed by atoms with van der Waals surface area (Å²) < 4.78 is 25.0. The largest absolute Gasteiger partial charge is 0.481 e. The number of rotatable bonds is 5. The molecule has 0 aliphatic heterocycles. The number of halogens is 2. The van der Waals surface area contributed by atoms with Gasteiger partial charge in [0.15, 0.2) is 0 Å². The van der Waals surface area contributed by atoms with E-state index in [4.69, 9.17) is 10.4 Å².